The Balaban J connectivity index is 2.05. The van der Waals surface area contributed by atoms with Crippen molar-refractivity contribution in [2.75, 3.05) is 24.3 Å². The highest BCUT2D eigenvalue weighted by Gasteiger charge is 2.05. The van der Waals surface area contributed by atoms with Crippen LogP contribution in [-0.2, 0) is 13.0 Å². The Morgan fingerprint density at radius 1 is 1.22 bits per heavy atom. The molecule has 0 aliphatic heterocycles. The van der Waals surface area contributed by atoms with Crippen LogP contribution in [0, 0.1) is 0 Å². The van der Waals surface area contributed by atoms with E-state index < -0.39 is 0 Å². The van der Waals surface area contributed by atoms with E-state index in [1.54, 1.807) is 6.20 Å². The van der Waals surface area contributed by atoms with Crippen LogP contribution in [0.2, 0.25) is 0 Å². The van der Waals surface area contributed by atoms with E-state index in [1.807, 2.05) is 38.5 Å². The van der Waals surface area contributed by atoms with Crippen LogP contribution in [0.1, 0.15) is 18.4 Å². The number of rotatable bonds is 5. The fourth-order valence-electron chi connectivity index (χ4n) is 1.80. The third kappa shape index (κ3) is 2.83. The molecule has 0 amide bonds. The molecule has 2 aromatic heterocycles. The smallest absolute Gasteiger partial charge is 0.123 e. The Labute approximate surface area is 108 Å². The number of nitrogens with one attached hydrogen (secondary N) is 1. The van der Waals surface area contributed by atoms with Gasteiger partial charge in [-0.2, -0.15) is 0 Å². The first-order valence-corrected chi connectivity index (χ1v) is 6.13. The summed E-state index contributed by atoms with van der Waals surface area (Å²) < 4.78 is 5.66. The highest BCUT2D eigenvalue weighted by molar-refractivity contribution is 5.67. The van der Waals surface area contributed by atoms with Crippen molar-refractivity contribution in [3.8, 4) is 0 Å². The monoisotopic (exact) mass is 245 g/mol. The molecule has 18 heavy (non-hydrogen) atoms. The molecule has 0 aromatic carbocycles. The lowest BCUT2D eigenvalue weighted by atomic mass is 10.3. The fraction of sp³-hybridized carbons (Fsp3) is 0.357. The molecule has 0 bridgehead atoms. The maximum atomic E-state index is 5.66. The van der Waals surface area contributed by atoms with Gasteiger partial charge in [-0.05, 0) is 18.2 Å². The van der Waals surface area contributed by atoms with Gasteiger partial charge in [-0.25, -0.2) is 0 Å². The molecule has 0 fully saturated rings. The van der Waals surface area contributed by atoms with Crippen LogP contribution in [-0.4, -0.2) is 19.1 Å². The Hall–Kier alpha value is -1.97. The van der Waals surface area contributed by atoms with Crippen molar-refractivity contribution in [1.29, 1.82) is 0 Å². The molecule has 0 aliphatic carbocycles. The summed E-state index contributed by atoms with van der Waals surface area (Å²) in [6.45, 7) is 2.76. The molecule has 0 spiro atoms. The zero-order valence-corrected chi connectivity index (χ0v) is 11.1. The minimum atomic E-state index is 0.673. The second kappa shape index (κ2) is 5.58. The number of hydrogen-bond donors (Lipinski definition) is 1. The van der Waals surface area contributed by atoms with Gasteiger partial charge < -0.3 is 14.6 Å². The van der Waals surface area contributed by atoms with Crippen LogP contribution >= 0.6 is 0 Å². The molecule has 4 nitrogen and oxygen atoms in total. The third-order valence-electron chi connectivity index (χ3n) is 2.80. The maximum absolute atomic E-state index is 5.66. The minimum Gasteiger partial charge on any atom is -0.464 e. The predicted octanol–water partition coefficient (Wildman–Crippen LogP) is 2.92. The molecule has 0 aliphatic rings. The molecule has 4 heteroatoms. The van der Waals surface area contributed by atoms with Gasteiger partial charge in [-0.1, -0.05) is 6.92 Å². The Bertz CT molecular complexity index is 505. The van der Waals surface area contributed by atoms with Crippen LogP contribution in [0.4, 0.5) is 11.4 Å². The first kappa shape index (κ1) is 12.5. The number of aromatic nitrogens is 1. The van der Waals surface area contributed by atoms with Crippen molar-refractivity contribution in [2.24, 2.45) is 0 Å². The van der Waals surface area contributed by atoms with Crippen molar-refractivity contribution in [1.82, 2.24) is 4.98 Å². The molecule has 0 saturated heterocycles. The van der Waals surface area contributed by atoms with Crippen LogP contribution < -0.4 is 10.2 Å². The van der Waals surface area contributed by atoms with E-state index in [0.29, 0.717) is 6.54 Å². The van der Waals surface area contributed by atoms with E-state index in [-0.39, 0.29) is 0 Å². The van der Waals surface area contributed by atoms with Gasteiger partial charge in [0.05, 0.1) is 24.1 Å². The summed E-state index contributed by atoms with van der Waals surface area (Å²) in [6, 6.07) is 6.02. The van der Waals surface area contributed by atoms with Crippen molar-refractivity contribution in [3.63, 3.8) is 0 Å². The zero-order valence-electron chi connectivity index (χ0n) is 11.1. The molecule has 2 aromatic rings. The summed E-state index contributed by atoms with van der Waals surface area (Å²) in [5.41, 5.74) is 2.13. The Kier molecular flexibility index (Phi) is 3.87. The van der Waals surface area contributed by atoms with Gasteiger partial charge in [0.25, 0.3) is 0 Å². The molecule has 0 saturated carbocycles. The largest absolute Gasteiger partial charge is 0.464 e. The summed E-state index contributed by atoms with van der Waals surface area (Å²) in [7, 11) is 4.03. The van der Waals surface area contributed by atoms with Gasteiger partial charge >= 0.3 is 0 Å². The third-order valence-corrected chi connectivity index (χ3v) is 2.80. The summed E-state index contributed by atoms with van der Waals surface area (Å²) in [4.78, 5) is 6.20. The average molecular weight is 245 g/mol. The van der Waals surface area contributed by atoms with E-state index in [1.165, 1.54) is 0 Å². The van der Waals surface area contributed by atoms with E-state index in [4.69, 9.17) is 4.42 Å². The van der Waals surface area contributed by atoms with Crippen LogP contribution in [0.5, 0.6) is 0 Å². The van der Waals surface area contributed by atoms with Gasteiger partial charge in [0.15, 0.2) is 0 Å². The lowest BCUT2D eigenvalue weighted by Crippen LogP contribution is -2.12. The molecule has 0 radical (unpaired) electrons. The molecule has 2 rings (SSSR count). The van der Waals surface area contributed by atoms with Crippen molar-refractivity contribution < 1.29 is 4.42 Å². The van der Waals surface area contributed by atoms with Gasteiger partial charge in [-0.3, -0.25) is 4.98 Å². The molecule has 2 heterocycles. The van der Waals surface area contributed by atoms with Gasteiger partial charge in [-0.15, -0.1) is 0 Å². The average Bonchev–Trinajstić information content (AvgIpc) is 2.84. The summed E-state index contributed by atoms with van der Waals surface area (Å²) in [5, 5.41) is 3.35. The van der Waals surface area contributed by atoms with E-state index in [2.05, 4.69) is 22.1 Å². The molecular weight excluding hydrogens is 226 g/mol. The number of hydrogen-bond acceptors (Lipinski definition) is 4. The van der Waals surface area contributed by atoms with Crippen LogP contribution in [0.3, 0.4) is 0 Å². The van der Waals surface area contributed by atoms with Gasteiger partial charge in [0.2, 0.25) is 0 Å². The maximum Gasteiger partial charge on any atom is 0.123 e. The topological polar surface area (TPSA) is 41.3 Å². The van der Waals surface area contributed by atoms with Crippen LogP contribution in [0.25, 0.3) is 0 Å². The lowest BCUT2D eigenvalue weighted by Gasteiger charge is -2.17. The highest BCUT2D eigenvalue weighted by Crippen LogP contribution is 2.23. The molecule has 96 valence electrons. The van der Waals surface area contributed by atoms with Crippen LogP contribution in [0.15, 0.2) is 35.0 Å². The number of furan rings is 1. The number of anilines is 2. The van der Waals surface area contributed by atoms with Crippen molar-refractivity contribution in [2.45, 2.75) is 19.9 Å². The molecule has 0 unspecified atom stereocenters. The first-order valence-electron chi connectivity index (χ1n) is 6.13. The van der Waals surface area contributed by atoms with Gasteiger partial charge in [0.1, 0.15) is 11.5 Å². The second-order valence-electron chi connectivity index (χ2n) is 4.36. The van der Waals surface area contributed by atoms with Crippen molar-refractivity contribution >= 4 is 11.4 Å². The molecular formula is C14H19N3O. The van der Waals surface area contributed by atoms with E-state index >= 15 is 0 Å². The molecule has 1 N–H and O–H groups in total. The zero-order chi connectivity index (χ0) is 13.0. The number of aryl methyl sites for hydroxylation is 1. The SMILES string of the molecule is CCc1ccc(CNc2cnccc2N(C)C)o1. The van der Waals surface area contributed by atoms with E-state index in [9.17, 15) is 0 Å². The molecule has 0 atom stereocenters. The van der Waals surface area contributed by atoms with Gasteiger partial charge in [0, 0.05) is 26.7 Å². The second-order valence-corrected chi connectivity index (χ2v) is 4.36. The quantitative estimate of drug-likeness (QED) is 0.879. The fourth-order valence-corrected chi connectivity index (χ4v) is 1.80. The normalized spacial score (nSPS) is 10.4. The summed E-state index contributed by atoms with van der Waals surface area (Å²) >= 11 is 0. The Morgan fingerprint density at radius 2 is 2.00 bits per heavy atom. The van der Waals surface area contributed by atoms with Crippen molar-refractivity contribution in [3.05, 3.63) is 42.1 Å². The first-order chi connectivity index (χ1) is 8.70. The minimum absolute atomic E-state index is 0.673. The number of nitrogens with zero attached hydrogens (tertiary/aromatic N) is 2. The number of pyridine rings is 1. The van der Waals surface area contributed by atoms with E-state index in [0.717, 1.165) is 29.3 Å². The lowest BCUT2D eigenvalue weighted by molar-refractivity contribution is 0.476. The Morgan fingerprint density at radius 3 is 2.67 bits per heavy atom. The highest BCUT2D eigenvalue weighted by atomic mass is 16.3. The predicted molar refractivity (Wildman–Crippen MR) is 74.0 cm³/mol. The summed E-state index contributed by atoms with van der Waals surface area (Å²) in [6.07, 6.45) is 4.55. The summed E-state index contributed by atoms with van der Waals surface area (Å²) in [5.74, 6) is 1.96. The standard InChI is InChI=1S/C14H19N3O/c1-4-11-5-6-12(18-11)9-16-13-10-15-8-7-14(13)17(2)3/h5-8,10,16H,4,9H2,1-3H3.